The Morgan fingerprint density at radius 2 is 1.81 bits per heavy atom. The standard InChI is InChI=1S/C24H30N4O4/c1-4-27(5-2)13-12-25-24(31)18-7-9-19(10-8-18)26-22(29)15-28-16-23(30)32-21-11-6-17(3)14-20(21)28/h6-11,14H,4-5,12-13,15-16H2,1-3H3,(H,25,31)(H,26,29). The lowest BCUT2D eigenvalue weighted by molar-refractivity contribution is -0.133. The van der Waals surface area contributed by atoms with Crippen molar-refractivity contribution in [3.05, 3.63) is 53.6 Å². The number of nitrogens with zero attached hydrogens (tertiary/aromatic N) is 2. The van der Waals surface area contributed by atoms with Crippen molar-refractivity contribution >= 4 is 29.2 Å². The number of nitrogens with one attached hydrogen (secondary N) is 2. The van der Waals surface area contributed by atoms with Gasteiger partial charge in [-0.25, -0.2) is 4.79 Å². The van der Waals surface area contributed by atoms with Crippen LogP contribution in [0.4, 0.5) is 11.4 Å². The van der Waals surface area contributed by atoms with Crippen LogP contribution in [0.2, 0.25) is 0 Å². The van der Waals surface area contributed by atoms with Gasteiger partial charge in [0.25, 0.3) is 5.91 Å². The fraction of sp³-hybridized carbons (Fsp3) is 0.375. The van der Waals surface area contributed by atoms with E-state index in [0.717, 1.165) is 30.9 Å². The molecule has 0 saturated carbocycles. The summed E-state index contributed by atoms with van der Waals surface area (Å²) in [6, 6.07) is 12.2. The topological polar surface area (TPSA) is 91.0 Å². The molecule has 0 unspecified atom stereocenters. The van der Waals surface area contributed by atoms with Crippen LogP contribution in [0, 0.1) is 6.92 Å². The quantitative estimate of drug-likeness (QED) is 0.462. The second-order valence-electron chi connectivity index (χ2n) is 7.71. The maximum Gasteiger partial charge on any atom is 0.331 e. The lowest BCUT2D eigenvalue weighted by Gasteiger charge is -2.29. The third kappa shape index (κ3) is 6.07. The molecule has 2 aromatic rings. The average Bonchev–Trinajstić information content (AvgIpc) is 2.77. The zero-order valence-electron chi connectivity index (χ0n) is 18.8. The number of ether oxygens (including phenoxy) is 1. The van der Waals surface area contributed by atoms with Crippen LogP contribution in [0.3, 0.4) is 0 Å². The number of anilines is 2. The summed E-state index contributed by atoms with van der Waals surface area (Å²) < 4.78 is 5.25. The smallest absolute Gasteiger partial charge is 0.331 e. The van der Waals surface area contributed by atoms with Crippen LogP contribution < -0.4 is 20.3 Å². The molecule has 0 atom stereocenters. The van der Waals surface area contributed by atoms with E-state index in [1.807, 2.05) is 19.1 Å². The molecule has 170 valence electrons. The molecular formula is C24H30N4O4. The van der Waals surface area contributed by atoms with Crippen molar-refractivity contribution in [2.45, 2.75) is 20.8 Å². The van der Waals surface area contributed by atoms with Gasteiger partial charge in [-0.2, -0.15) is 0 Å². The van der Waals surface area contributed by atoms with Crippen molar-refractivity contribution < 1.29 is 19.1 Å². The lowest BCUT2D eigenvalue weighted by Crippen LogP contribution is -2.41. The molecule has 3 rings (SSSR count). The van der Waals surface area contributed by atoms with Gasteiger partial charge in [0.2, 0.25) is 5.91 Å². The number of amides is 2. The molecule has 1 aliphatic heterocycles. The maximum absolute atomic E-state index is 12.6. The van der Waals surface area contributed by atoms with E-state index < -0.39 is 5.97 Å². The second-order valence-corrected chi connectivity index (χ2v) is 7.71. The molecule has 0 saturated heterocycles. The first kappa shape index (κ1) is 23.3. The summed E-state index contributed by atoms with van der Waals surface area (Å²) in [5.41, 5.74) is 2.85. The van der Waals surface area contributed by atoms with Crippen LogP contribution in [0.15, 0.2) is 42.5 Å². The van der Waals surface area contributed by atoms with Crippen molar-refractivity contribution in [1.29, 1.82) is 0 Å². The Kier molecular flexibility index (Phi) is 7.83. The van der Waals surface area contributed by atoms with Gasteiger partial charge in [0.05, 0.1) is 12.2 Å². The predicted octanol–water partition coefficient (Wildman–Crippen LogP) is 2.43. The first-order valence-electron chi connectivity index (χ1n) is 10.9. The summed E-state index contributed by atoms with van der Waals surface area (Å²) in [7, 11) is 0. The van der Waals surface area contributed by atoms with Crippen LogP contribution in [0.5, 0.6) is 5.75 Å². The van der Waals surface area contributed by atoms with Crippen LogP contribution in [-0.2, 0) is 9.59 Å². The molecule has 8 heteroatoms. The molecule has 2 N–H and O–H groups in total. The van der Waals surface area contributed by atoms with Gasteiger partial charge in [-0.15, -0.1) is 0 Å². The molecule has 32 heavy (non-hydrogen) atoms. The fourth-order valence-electron chi connectivity index (χ4n) is 3.55. The van der Waals surface area contributed by atoms with E-state index in [4.69, 9.17) is 4.74 Å². The molecule has 2 amide bonds. The normalized spacial score (nSPS) is 12.9. The maximum atomic E-state index is 12.6. The largest absolute Gasteiger partial charge is 0.423 e. The highest BCUT2D eigenvalue weighted by molar-refractivity contribution is 5.98. The number of esters is 1. The molecule has 0 aromatic heterocycles. The third-order valence-corrected chi connectivity index (χ3v) is 5.37. The molecule has 0 fully saturated rings. The van der Waals surface area contributed by atoms with Crippen LogP contribution in [0.25, 0.3) is 0 Å². The van der Waals surface area contributed by atoms with Gasteiger partial charge < -0.3 is 25.2 Å². The van der Waals surface area contributed by atoms with Gasteiger partial charge in [0, 0.05) is 24.3 Å². The van der Waals surface area contributed by atoms with Crippen molar-refractivity contribution in [1.82, 2.24) is 10.2 Å². The monoisotopic (exact) mass is 438 g/mol. The molecule has 8 nitrogen and oxygen atoms in total. The minimum atomic E-state index is -0.398. The molecule has 0 aliphatic carbocycles. The average molecular weight is 439 g/mol. The highest BCUT2D eigenvalue weighted by Gasteiger charge is 2.25. The van der Waals surface area contributed by atoms with Gasteiger partial charge in [-0.05, 0) is 62.0 Å². The molecule has 0 radical (unpaired) electrons. The summed E-state index contributed by atoms with van der Waals surface area (Å²) in [6.45, 7) is 9.43. The van der Waals surface area contributed by atoms with Gasteiger partial charge in [-0.3, -0.25) is 9.59 Å². The van der Waals surface area contributed by atoms with Crippen molar-refractivity contribution in [2.75, 3.05) is 49.5 Å². The second kappa shape index (κ2) is 10.8. The number of hydrogen-bond donors (Lipinski definition) is 2. The van der Waals surface area contributed by atoms with E-state index in [0.29, 0.717) is 23.5 Å². The zero-order valence-corrected chi connectivity index (χ0v) is 18.8. The molecule has 0 spiro atoms. The molecule has 1 heterocycles. The predicted molar refractivity (Wildman–Crippen MR) is 124 cm³/mol. The van der Waals surface area contributed by atoms with E-state index in [1.54, 1.807) is 35.2 Å². The number of rotatable bonds is 9. The molecule has 2 aromatic carbocycles. The Balaban J connectivity index is 1.55. The number of benzene rings is 2. The summed E-state index contributed by atoms with van der Waals surface area (Å²) in [5.74, 6) is -0.348. The first-order valence-corrected chi connectivity index (χ1v) is 10.9. The summed E-state index contributed by atoms with van der Waals surface area (Å²) in [5, 5.41) is 5.73. The van der Waals surface area contributed by atoms with Crippen molar-refractivity contribution in [2.24, 2.45) is 0 Å². The Morgan fingerprint density at radius 1 is 1.09 bits per heavy atom. The van der Waals surface area contributed by atoms with Crippen molar-refractivity contribution in [3.63, 3.8) is 0 Å². The number of fused-ring (bicyclic) bond motifs is 1. The summed E-state index contributed by atoms with van der Waals surface area (Å²) in [6.07, 6.45) is 0. The van der Waals surface area contributed by atoms with E-state index in [-0.39, 0.29) is 24.9 Å². The highest BCUT2D eigenvalue weighted by atomic mass is 16.5. The fourth-order valence-corrected chi connectivity index (χ4v) is 3.55. The SMILES string of the molecule is CCN(CC)CCNC(=O)c1ccc(NC(=O)CN2CC(=O)Oc3ccc(C)cc32)cc1. The Morgan fingerprint density at radius 3 is 2.50 bits per heavy atom. The number of hydrogen-bond acceptors (Lipinski definition) is 6. The number of aryl methyl sites for hydroxylation is 1. The summed E-state index contributed by atoms with van der Waals surface area (Å²) >= 11 is 0. The van der Waals surface area contributed by atoms with Crippen LogP contribution in [0.1, 0.15) is 29.8 Å². The van der Waals surface area contributed by atoms with E-state index in [9.17, 15) is 14.4 Å². The minimum absolute atomic E-state index is 0.0104. The molecule has 0 bridgehead atoms. The number of carbonyl (C=O) groups is 3. The van der Waals surface area contributed by atoms with Crippen LogP contribution in [-0.4, -0.2) is 62.0 Å². The third-order valence-electron chi connectivity index (χ3n) is 5.37. The minimum Gasteiger partial charge on any atom is -0.423 e. The Hall–Kier alpha value is -3.39. The zero-order chi connectivity index (χ0) is 23.1. The number of carbonyl (C=O) groups excluding carboxylic acids is 3. The van der Waals surface area contributed by atoms with Crippen molar-refractivity contribution in [3.8, 4) is 5.75 Å². The van der Waals surface area contributed by atoms with E-state index in [2.05, 4.69) is 29.4 Å². The Labute approximate surface area is 188 Å². The lowest BCUT2D eigenvalue weighted by atomic mass is 10.1. The van der Waals surface area contributed by atoms with Gasteiger partial charge in [-0.1, -0.05) is 19.9 Å². The molecule has 1 aliphatic rings. The number of likely N-dealkylation sites (N-methyl/N-ethyl adjacent to an activating group) is 1. The van der Waals surface area contributed by atoms with Crippen LogP contribution >= 0.6 is 0 Å². The first-order chi connectivity index (χ1) is 15.4. The van der Waals surface area contributed by atoms with Gasteiger partial charge in [0.1, 0.15) is 6.54 Å². The van der Waals surface area contributed by atoms with E-state index >= 15 is 0 Å². The van der Waals surface area contributed by atoms with Gasteiger partial charge in [0.15, 0.2) is 5.75 Å². The molecular weight excluding hydrogens is 408 g/mol. The Bertz CT molecular complexity index is 970. The van der Waals surface area contributed by atoms with Gasteiger partial charge >= 0.3 is 5.97 Å². The summed E-state index contributed by atoms with van der Waals surface area (Å²) in [4.78, 5) is 40.7. The highest BCUT2D eigenvalue weighted by Crippen LogP contribution is 2.32. The van der Waals surface area contributed by atoms with E-state index in [1.165, 1.54) is 0 Å².